The van der Waals surface area contributed by atoms with Gasteiger partial charge < -0.3 is 19.0 Å². The molecular formula is C28H46O4Si. The fourth-order valence-corrected chi connectivity index (χ4v) is 5.91. The third-order valence-electron chi connectivity index (χ3n) is 7.69. The standard InChI is InChI=1S/C28H46O4Si/c1-19-16-21-11-10-20(2)24(26(21)25(29)17-19)13-12-22-18-23(32-28(6,7)31-22)14-15-30-33(8,9)27(3,4)5/h10-13,19,22-23,25,29H,14-18H2,1-9H3/b13-12+/t19-,22-,23+,25+/m1/s1. The molecule has 1 heterocycles. The average Bonchev–Trinajstić information content (AvgIpc) is 2.65. The lowest BCUT2D eigenvalue weighted by molar-refractivity contribution is -0.291. The van der Waals surface area contributed by atoms with Crippen LogP contribution in [0.25, 0.3) is 6.08 Å². The molecule has 4 nitrogen and oxygen atoms in total. The van der Waals surface area contributed by atoms with Crippen molar-refractivity contribution in [3.63, 3.8) is 0 Å². The Morgan fingerprint density at radius 2 is 1.88 bits per heavy atom. The third-order valence-corrected chi connectivity index (χ3v) is 12.2. The topological polar surface area (TPSA) is 47.9 Å². The first-order valence-corrected chi connectivity index (χ1v) is 15.6. The maximum atomic E-state index is 10.8. The molecule has 186 valence electrons. The number of aliphatic hydroxyl groups excluding tert-OH is 1. The molecule has 1 fully saturated rings. The lowest BCUT2D eigenvalue weighted by Crippen LogP contribution is -2.45. The predicted octanol–water partition coefficient (Wildman–Crippen LogP) is 6.95. The van der Waals surface area contributed by atoms with Gasteiger partial charge in [0.25, 0.3) is 0 Å². The van der Waals surface area contributed by atoms with E-state index in [1.807, 2.05) is 13.8 Å². The largest absolute Gasteiger partial charge is 0.417 e. The Labute approximate surface area is 202 Å². The Morgan fingerprint density at radius 1 is 1.18 bits per heavy atom. The van der Waals surface area contributed by atoms with Crippen molar-refractivity contribution < 1.29 is 19.0 Å². The van der Waals surface area contributed by atoms with Gasteiger partial charge in [0.05, 0.1) is 18.3 Å². The van der Waals surface area contributed by atoms with Crippen molar-refractivity contribution in [2.75, 3.05) is 6.61 Å². The average molecular weight is 475 g/mol. The summed E-state index contributed by atoms with van der Waals surface area (Å²) in [5, 5.41) is 11.0. The monoisotopic (exact) mass is 474 g/mol. The van der Waals surface area contributed by atoms with Crippen LogP contribution in [0.2, 0.25) is 18.1 Å². The lowest BCUT2D eigenvalue weighted by Gasteiger charge is -2.41. The number of hydrogen-bond donors (Lipinski definition) is 1. The minimum atomic E-state index is -1.76. The van der Waals surface area contributed by atoms with Crippen molar-refractivity contribution in [2.45, 2.75) is 116 Å². The molecule has 33 heavy (non-hydrogen) atoms. The van der Waals surface area contributed by atoms with E-state index in [2.05, 4.69) is 72.0 Å². The highest BCUT2D eigenvalue weighted by Gasteiger charge is 2.38. The number of ether oxygens (including phenoxy) is 2. The van der Waals surface area contributed by atoms with Crippen LogP contribution in [-0.2, 0) is 20.3 Å². The highest BCUT2D eigenvalue weighted by atomic mass is 28.4. The fourth-order valence-electron chi connectivity index (χ4n) is 4.85. The summed E-state index contributed by atoms with van der Waals surface area (Å²) in [6.45, 7) is 20.5. The van der Waals surface area contributed by atoms with E-state index in [0.717, 1.165) is 43.4 Å². The zero-order valence-corrected chi connectivity index (χ0v) is 23.3. The van der Waals surface area contributed by atoms with Crippen molar-refractivity contribution in [3.05, 3.63) is 40.5 Å². The van der Waals surface area contributed by atoms with Crippen LogP contribution in [0.15, 0.2) is 18.2 Å². The number of rotatable bonds is 6. The number of fused-ring (bicyclic) bond motifs is 1. The van der Waals surface area contributed by atoms with Gasteiger partial charge in [0.1, 0.15) is 0 Å². The minimum absolute atomic E-state index is 0.0264. The summed E-state index contributed by atoms with van der Waals surface area (Å²) in [7, 11) is -1.76. The van der Waals surface area contributed by atoms with Crippen molar-refractivity contribution in [2.24, 2.45) is 5.92 Å². The molecule has 4 atom stereocenters. The van der Waals surface area contributed by atoms with E-state index < -0.39 is 20.2 Å². The highest BCUT2D eigenvalue weighted by Crippen LogP contribution is 2.39. The van der Waals surface area contributed by atoms with Crippen LogP contribution in [0.4, 0.5) is 0 Å². The predicted molar refractivity (Wildman–Crippen MR) is 139 cm³/mol. The number of hydrogen-bond acceptors (Lipinski definition) is 4. The van der Waals surface area contributed by atoms with Gasteiger partial charge in [0, 0.05) is 13.0 Å². The van der Waals surface area contributed by atoms with Gasteiger partial charge in [-0.25, -0.2) is 0 Å². The second-order valence-corrected chi connectivity index (χ2v) is 17.0. The number of benzene rings is 1. The van der Waals surface area contributed by atoms with Crippen molar-refractivity contribution >= 4 is 14.4 Å². The van der Waals surface area contributed by atoms with Crippen molar-refractivity contribution in [1.29, 1.82) is 0 Å². The SMILES string of the molecule is Cc1ccc2c(c1/C=C/[C@@H]1C[C@H](CCO[Si](C)(C)C(C)(C)C)OC(C)(C)O1)[C@@H](O)C[C@H](C)C2. The smallest absolute Gasteiger partial charge is 0.191 e. The minimum Gasteiger partial charge on any atom is -0.417 e. The Morgan fingerprint density at radius 3 is 2.55 bits per heavy atom. The summed E-state index contributed by atoms with van der Waals surface area (Å²) in [5.74, 6) is -0.115. The van der Waals surface area contributed by atoms with E-state index >= 15 is 0 Å². The van der Waals surface area contributed by atoms with Crippen molar-refractivity contribution in [1.82, 2.24) is 0 Å². The van der Waals surface area contributed by atoms with Crippen LogP contribution in [0.5, 0.6) is 0 Å². The molecule has 1 aliphatic carbocycles. The van der Waals surface area contributed by atoms with E-state index in [9.17, 15) is 5.11 Å². The number of aliphatic hydroxyl groups is 1. The van der Waals surface area contributed by atoms with Crippen LogP contribution in [-0.4, -0.2) is 38.0 Å². The van der Waals surface area contributed by atoms with Crippen LogP contribution in [0.3, 0.4) is 0 Å². The summed E-state index contributed by atoms with van der Waals surface area (Å²) >= 11 is 0. The molecule has 0 unspecified atom stereocenters. The summed E-state index contributed by atoms with van der Waals surface area (Å²) in [4.78, 5) is 0. The Bertz CT molecular complexity index is 852. The Kier molecular flexibility index (Phi) is 8.02. The zero-order chi connectivity index (χ0) is 24.6. The van der Waals surface area contributed by atoms with Gasteiger partial charge in [0.2, 0.25) is 0 Å². The maximum Gasteiger partial charge on any atom is 0.191 e. The van der Waals surface area contributed by atoms with E-state index in [1.54, 1.807) is 0 Å². The van der Waals surface area contributed by atoms with Crippen LogP contribution >= 0.6 is 0 Å². The quantitative estimate of drug-likeness (QED) is 0.453. The molecule has 1 N–H and O–H groups in total. The normalized spacial score (nSPS) is 28.2. The van der Waals surface area contributed by atoms with Gasteiger partial charge in [-0.1, -0.05) is 52.0 Å². The molecule has 1 aliphatic heterocycles. The molecule has 2 aliphatic rings. The maximum absolute atomic E-state index is 10.8. The molecule has 0 spiro atoms. The Hall–Kier alpha value is -0.983. The Balaban J connectivity index is 1.71. The second-order valence-electron chi connectivity index (χ2n) is 12.2. The van der Waals surface area contributed by atoms with E-state index in [-0.39, 0.29) is 17.2 Å². The van der Waals surface area contributed by atoms with Gasteiger partial charge in [-0.2, -0.15) is 0 Å². The first-order chi connectivity index (χ1) is 15.2. The molecule has 5 heteroatoms. The van der Waals surface area contributed by atoms with E-state index in [4.69, 9.17) is 13.9 Å². The number of aryl methyl sites for hydroxylation is 1. The molecule has 0 aromatic heterocycles. The van der Waals surface area contributed by atoms with Gasteiger partial charge in [-0.3, -0.25) is 0 Å². The zero-order valence-electron chi connectivity index (χ0n) is 22.3. The van der Waals surface area contributed by atoms with Crippen LogP contribution in [0, 0.1) is 12.8 Å². The molecular weight excluding hydrogens is 428 g/mol. The summed E-state index contributed by atoms with van der Waals surface area (Å²) in [6.07, 6.45) is 7.57. The molecule has 0 saturated carbocycles. The summed E-state index contributed by atoms with van der Waals surface area (Å²) in [6, 6.07) is 4.37. The van der Waals surface area contributed by atoms with Gasteiger partial charge >= 0.3 is 0 Å². The molecule has 0 amide bonds. The van der Waals surface area contributed by atoms with Gasteiger partial charge in [-0.15, -0.1) is 0 Å². The van der Waals surface area contributed by atoms with Gasteiger partial charge in [0.15, 0.2) is 14.1 Å². The molecule has 3 rings (SSSR count). The van der Waals surface area contributed by atoms with Crippen LogP contribution in [0.1, 0.15) is 89.2 Å². The van der Waals surface area contributed by atoms with Crippen LogP contribution < -0.4 is 0 Å². The van der Waals surface area contributed by atoms with Crippen molar-refractivity contribution in [3.8, 4) is 0 Å². The highest BCUT2D eigenvalue weighted by molar-refractivity contribution is 6.74. The van der Waals surface area contributed by atoms with E-state index in [1.165, 1.54) is 11.1 Å². The molecule has 0 bridgehead atoms. The second kappa shape index (κ2) is 9.94. The third kappa shape index (κ3) is 6.58. The van der Waals surface area contributed by atoms with E-state index in [0.29, 0.717) is 5.92 Å². The molecule has 0 radical (unpaired) electrons. The first kappa shape index (κ1) is 26.6. The summed E-state index contributed by atoms with van der Waals surface area (Å²) in [5.41, 5.74) is 4.73. The molecule has 1 aromatic rings. The first-order valence-electron chi connectivity index (χ1n) is 12.7. The molecule has 1 aromatic carbocycles. The fraction of sp³-hybridized carbons (Fsp3) is 0.714. The summed E-state index contributed by atoms with van der Waals surface area (Å²) < 4.78 is 18.9. The lowest BCUT2D eigenvalue weighted by atomic mass is 9.79. The van der Waals surface area contributed by atoms with Gasteiger partial charge in [-0.05, 0) is 86.3 Å². The molecule has 1 saturated heterocycles.